The van der Waals surface area contributed by atoms with Crippen LogP contribution in [-0.2, 0) is 9.84 Å². The van der Waals surface area contributed by atoms with Gasteiger partial charge in [-0.05, 0) is 12.5 Å². The van der Waals surface area contributed by atoms with Gasteiger partial charge < -0.3 is 10.0 Å². The van der Waals surface area contributed by atoms with Gasteiger partial charge in [0.25, 0.3) is 0 Å². The molecule has 1 aliphatic heterocycles. The molecule has 0 aliphatic carbocycles. The Labute approximate surface area is 104 Å². The maximum atomic E-state index is 11.4. The van der Waals surface area contributed by atoms with E-state index in [9.17, 15) is 13.2 Å². The maximum absolute atomic E-state index is 11.4. The number of carboxylic acids is 1. The first kappa shape index (κ1) is 12.4. The SMILES string of the molecule is O=C(O)c1cc(N2CCCS(=O)(=O)CC2)cs1. The largest absolute Gasteiger partial charge is 0.477 e. The number of thiophene rings is 1. The van der Waals surface area contributed by atoms with Crippen molar-refractivity contribution >= 4 is 32.8 Å². The first-order valence-corrected chi connectivity index (χ1v) is 7.95. The zero-order valence-electron chi connectivity index (χ0n) is 9.13. The molecule has 17 heavy (non-hydrogen) atoms. The van der Waals surface area contributed by atoms with Crippen molar-refractivity contribution in [2.75, 3.05) is 29.5 Å². The van der Waals surface area contributed by atoms with E-state index in [1.165, 1.54) is 11.3 Å². The van der Waals surface area contributed by atoms with Gasteiger partial charge in [-0.1, -0.05) is 0 Å². The lowest BCUT2D eigenvalue weighted by atomic mass is 10.3. The van der Waals surface area contributed by atoms with Gasteiger partial charge in [0.05, 0.1) is 11.5 Å². The van der Waals surface area contributed by atoms with Gasteiger partial charge in [-0.2, -0.15) is 0 Å². The van der Waals surface area contributed by atoms with Crippen LogP contribution in [0.2, 0.25) is 0 Å². The number of sulfone groups is 1. The molecule has 1 aromatic heterocycles. The fraction of sp³-hybridized carbons (Fsp3) is 0.500. The molecule has 0 spiro atoms. The van der Waals surface area contributed by atoms with E-state index in [0.717, 1.165) is 5.69 Å². The Hall–Kier alpha value is -1.08. The summed E-state index contributed by atoms with van der Waals surface area (Å²) in [5.41, 5.74) is 0.810. The van der Waals surface area contributed by atoms with Crippen LogP contribution >= 0.6 is 11.3 Å². The van der Waals surface area contributed by atoms with Gasteiger partial charge >= 0.3 is 5.97 Å². The normalized spacial score (nSPS) is 19.9. The number of nitrogens with zero attached hydrogens (tertiary/aromatic N) is 1. The van der Waals surface area contributed by atoms with Crippen LogP contribution in [0.4, 0.5) is 5.69 Å². The van der Waals surface area contributed by atoms with Crippen molar-refractivity contribution in [1.29, 1.82) is 0 Å². The zero-order chi connectivity index (χ0) is 12.5. The molecule has 0 atom stereocenters. The van der Waals surface area contributed by atoms with E-state index >= 15 is 0 Å². The van der Waals surface area contributed by atoms with Crippen LogP contribution in [0.25, 0.3) is 0 Å². The highest BCUT2D eigenvalue weighted by molar-refractivity contribution is 7.91. The van der Waals surface area contributed by atoms with E-state index in [-0.39, 0.29) is 16.4 Å². The maximum Gasteiger partial charge on any atom is 0.345 e. The molecule has 0 bridgehead atoms. The third-order valence-electron chi connectivity index (χ3n) is 2.72. The number of rotatable bonds is 2. The van der Waals surface area contributed by atoms with Crippen molar-refractivity contribution in [2.24, 2.45) is 0 Å². The average molecular weight is 275 g/mol. The minimum atomic E-state index is -2.92. The molecule has 0 saturated carbocycles. The van der Waals surface area contributed by atoms with Crippen LogP contribution in [0.3, 0.4) is 0 Å². The van der Waals surface area contributed by atoms with E-state index in [1.54, 1.807) is 11.4 Å². The summed E-state index contributed by atoms with van der Waals surface area (Å²) in [7, 11) is -2.92. The molecule has 2 heterocycles. The van der Waals surface area contributed by atoms with Crippen LogP contribution in [0.1, 0.15) is 16.1 Å². The van der Waals surface area contributed by atoms with E-state index < -0.39 is 15.8 Å². The van der Waals surface area contributed by atoms with E-state index in [2.05, 4.69) is 0 Å². The number of hydrogen-bond acceptors (Lipinski definition) is 5. The lowest BCUT2D eigenvalue weighted by molar-refractivity contribution is 0.0702. The molecule has 2 rings (SSSR count). The molecule has 1 fully saturated rings. The molecule has 5 nitrogen and oxygen atoms in total. The molecule has 0 aromatic carbocycles. The molecular formula is C10H13NO4S2. The van der Waals surface area contributed by atoms with E-state index in [1.807, 2.05) is 4.90 Å². The summed E-state index contributed by atoms with van der Waals surface area (Å²) >= 11 is 1.17. The Kier molecular flexibility index (Phi) is 3.39. The molecule has 1 saturated heterocycles. The number of carboxylic acid groups (broad SMARTS) is 1. The summed E-state index contributed by atoms with van der Waals surface area (Å²) in [6.07, 6.45) is 0.598. The topological polar surface area (TPSA) is 74.7 Å². The summed E-state index contributed by atoms with van der Waals surface area (Å²) in [5.74, 6) is -0.575. The predicted molar refractivity (Wildman–Crippen MR) is 66.8 cm³/mol. The Balaban J connectivity index is 2.14. The number of aromatic carboxylic acids is 1. The van der Waals surface area contributed by atoms with Crippen LogP contribution in [0, 0.1) is 0 Å². The zero-order valence-corrected chi connectivity index (χ0v) is 10.8. The third kappa shape index (κ3) is 2.98. The standard InChI is InChI=1S/C10H13NO4S2/c12-10(13)9-6-8(7-16-9)11-2-1-4-17(14,15)5-3-11/h6-7H,1-5H2,(H,12,13). The van der Waals surface area contributed by atoms with Crippen LogP contribution in [0.15, 0.2) is 11.4 Å². The summed E-state index contributed by atoms with van der Waals surface area (Å²) in [6.45, 7) is 1.10. The Morgan fingerprint density at radius 3 is 2.76 bits per heavy atom. The monoisotopic (exact) mass is 275 g/mol. The van der Waals surface area contributed by atoms with Crippen LogP contribution in [-0.4, -0.2) is 44.1 Å². The minimum Gasteiger partial charge on any atom is -0.477 e. The minimum absolute atomic E-state index is 0.144. The summed E-state index contributed by atoms with van der Waals surface area (Å²) in [5, 5.41) is 10.6. The van der Waals surface area contributed by atoms with Gasteiger partial charge in [-0.15, -0.1) is 11.3 Å². The van der Waals surface area contributed by atoms with Crippen molar-refractivity contribution in [3.8, 4) is 0 Å². The first-order valence-electron chi connectivity index (χ1n) is 5.25. The predicted octanol–water partition coefficient (Wildman–Crippen LogP) is 1.07. The van der Waals surface area contributed by atoms with Crippen LogP contribution < -0.4 is 4.90 Å². The second kappa shape index (κ2) is 4.66. The molecule has 1 N–H and O–H groups in total. The van der Waals surface area contributed by atoms with Gasteiger partial charge in [0, 0.05) is 24.2 Å². The van der Waals surface area contributed by atoms with Gasteiger partial charge in [-0.25, -0.2) is 13.2 Å². The molecular weight excluding hydrogens is 262 g/mol. The first-order chi connectivity index (χ1) is 7.98. The molecule has 0 unspecified atom stereocenters. The van der Waals surface area contributed by atoms with Gasteiger partial charge in [0.15, 0.2) is 9.84 Å². The molecule has 1 aliphatic rings. The van der Waals surface area contributed by atoms with Crippen molar-refractivity contribution in [2.45, 2.75) is 6.42 Å². The fourth-order valence-corrected chi connectivity index (χ4v) is 3.83. The van der Waals surface area contributed by atoms with E-state index in [4.69, 9.17) is 5.11 Å². The number of carbonyl (C=O) groups is 1. The Morgan fingerprint density at radius 2 is 2.12 bits per heavy atom. The molecule has 7 heteroatoms. The number of anilines is 1. The Morgan fingerprint density at radius 1 is 1.35 bits per heavy atom. The second-order valence-electron chi connectivity index (χ2n) is 3.97. The van der Waals surface area contributed by atoms with Crippen molar-refractivity contribution < 1.29 is 18.3 Å². The van der Waals surface area contributed by atoms with Crippen molar-refractivity contribution in [3.63, 3.8) is 0 Å². The van der Waals surface area contributed by atoms with Crippen molar-refractivity contribution in [1.82, 2.24) is 0 Å². The lowest BCUT2D eigenvalue weighted by Gasteiger charge is -2.19. The van der Waals surface area contributed by atoms with Gasteiger partial charge in [0.2, 0.25) is 0 Å². The summed E-state index contributed by atoms with van der Waals surface area (Å²) in [4.78, 5) is 13.0. The molecule has 1 aromatic rings. The quantitative estimate of drug-likeness (QED) is 0.874. The highest BCUT2D eigenvalue weighted by Crippen LogP contribution is 2.24. The van der Waals surface area contributed by atoms with Gasteiger partial charge in [0.1, 0.15) is 4.88 Å². The highest BCUT2D eigenvalue weighted by atomic mass is 32.2. The molecule has 0 amide bonds. The Bertz CT molecular complexity index is 520. The average Bonchev–Trinajstić information content (AvgIpc) is 2.65. The summed E-state index contributed by atoms with van der Waals surface area (Å²) < 4.78 is 22.9. The van der Waals surface area contributed by atoms with Gasteiger partial charge in [-0.3, -0.25) is 0 Å². The highest BCUT2D eigenvalue weighted by Gasteiger charge is 2.20. The fourth-order valence-electron chi connectivity index (χ4n) is 1.80. The van der Waals surface area contributed by atoms with Crippen LogP contribution in [0.5, 0.6) is 0 Å². The lowest BCUT2D eigenvalue weighted by Crippen LogP contribution is -2.26. The number of hydrogen-bond donors (Lipinski definition) is 1. The molecule has 0 radical (unpaired) electrons. The molecule has 94 valence electrons. The second-order valence-corrected chi connectivity index (χ2v) is 7.18. The van der Waals surface area contributed by atoms with E-state index in [0.29, 0.717) is 19.5 Å². The summed E-state index contributed by atoms with van der Waals surface area (Å²) in [6, 6.07) is 1.60. The smallest absolute Gasteiger partial charge is 0.345 e. The third-order valence-corrected chi connectivity index (χ3v) is 5.34. The van der Waals surface area contributed by atoms with Crippen molar-refractivity contribution in [3.05, 3.63) is 16.3 Å².